The first kappa shape index (κ1) is 65.2. The monoisotopic (exact) mass is 968 g/mol. The van der Waals surface area contributed by atoms with E-state index >= 15 is 0 Å². The first-order chi connectivity index (χ1) is 33.3. The summed E-state index contributed by atoms with van der Waals surface area (Å²) in [4.78, 5) is 13.0. The Kier molecular flexibility index (Phi) is 47.7. The average molecular weight is 969 g/mol. The Balaban J connectivity index is 1.98. The SMILES string of the molecule is CCCCCCCCCCCCCCCCCCCCCCCCCCCCCCCCCCCCCCC(=O)N[C@@H](CO[C@@H]1O[C@H](CO)[C@H](O)C(O)C1O)[C@H](O)CCCCCCCCCCC. The van der Waals surface area contributed by atoms with Crippen LogP contribution in [0.15, 0.2) is 0 Å². The number of unbranched alkanes of at least 4 members (excludes halogenated alkanes) is 43. The van der Waals surface area contributed by atoms with Gasteiger partial charge in [-0.05, 0) is 12.8 Å². The molecule has 1 aliphatic rings. The zero-order chi connectivity index (χ0) is 49.4. The molecular formula is C59H117NO8. The topological polar surface area (TPSA) is 149 Å². The van der Waals surface area contributed by atoms with Gasteiger partial charge in [-0.3, -0.25) is 4.79 Å². The third kappa shape index (κ3) is 38.8. The van der Waals surface area contributed by atoms with Crippen LogP contribution in [0.3, 0.4) is 0 Å². The maximum Gasteiger partial charge on any atom is 0.220 e. The van der Waals surface area contributed by atoms with E-state index in [0.717, 1.165) is 38.5 Å². The summed E-state index contributed by atoms with van der Waals surface area (Å²) in [6, 6.07) is -0.711. The van der Waals surface area contributed by atoms with Gasteiger partial charge in [0, 0.05) is 6.42 Å². The third-order valence-electron chi connectivity index (χ3n) is 15.0. The zero-order valence-corrected chi connectivity index (χ0v) is 45.2. The van der Waals surface area contributed by atoms with E-state index < -0.39 is 49.5 Å². The number of hydrogen-bond acceptors (Lipinski definition) is 8. The van der Waals surface area contributed by atoms with E-state index in [1.54, 1.807) is 0 Å². The summed E-state index contributed by atoms with van der Waals surface area (Å²) >= 11 is 0. The number of rotatable bonds is 53. The van der Waals surface area contributed by atoms with Gasteiger partial charge in [0.25, 0.3) is 0 Å². The summed E-state index contributed by atoms with van der Waals surface area (Å²) in [7, 11) is 0. The fourth-order valence-electron chi connectivity index (χ4n) is 10.2. The minimum absolute atomic E-state index is 0.132. The normalized spacial score (nSPS) is 19.4. The highest BCUT2D eigenvalue weighted by molar-refractivity contribution is 5.76. The van der Waals surface area contributed by atoms with Crippen LogP contribution in [0.5, 0.6) is 0 Å². The van der Waals surface area contributed by atoms with Crippen LogP contribution in [0.25, 0.3) is 0 Å². The Bertz CT molecular complexity index is 1030. The molecule has 1 heterocycles. The molecule has 0 aromatic rings. The van der Waals surface area contributed by atoms with Crippen molar-refractivity contribution in [2.24, 2.45) is 0 Å². The standard InChI is InChI=1S/C59H117NO8/c1-3-5-7-9-11-13-14-15-16-17-18-19-20-21-22-23-24-25-26-27-28-29-30-31-32-33-34-35-36-37-38-39-41-43-45-47-49-55(63)60-52(53(62)48-46-44-42-40-12-10-8-6-4-2)51-67-59-58(66)57(65)56(64)54(50-61)68-59/h52-54,56-59,61-62,64-66H,3-51H2,1-2H3,(H,60,63)/t52-,53+,54+,56-,57?,58?,59+/m0/s1. The lowest BCUT2D eigenvalue weighted by Crippen LogP contribution is -2.60. The number of hydrogen-bond donors (Lipinski definition) is 6. The summed E-state index contributed by atoms with van der Waals surface area (Å²) in [5.41, 5.74) is 0. The lowest BCUT2D eigenvalue weighted by Gasteiger charge is -2.40. The van der Waals surface area contributed by atoms with E-state index in [2.05, 4.69) is 19.2 Å². The first-order valence-electron chi connectivity index (χ1n) is 30.2. The molecule has 7 atom stereocenters. The summed E-state index contributed by atoms with van der Waals surface area (Å²) in [6.45, 7) is 3.84. The molecule has 0 spiro atoms. The minimum atomic E-state index is -1.55. The molecule has 0 aromatic carbocycles. The summed E-state index contributed by atoms with van der Waals surface area (Å²) < 4.78 is 11.3. The van der Waals surface area contributed by atoms with Gasteiger partial charge in [-0.25, -0.2) is 0 Å². The Morgan fingerprint density at radius 2 is 0.735 bits per heavy atom. The van der Waals surface area contributed by atoms with Gasteiger partial charge in [-0.2, -0.15) is 0 Å². The fourth-order valence-corrected chi connectivity index (χ4v) is 10.2. The van der Waals surface area contributed by atoms with Gasteiger partial charge in [0.2, 0.25) is 5.91 Å². The molecule has 1 fully saturated rings. The van der Waals surface area contributed by atoms with E-state index in [0.29, 0.717) is 12.8 Å². The van der Waals surface area contributed by atoms with Crippen molar-refractivity contribution >= 4 is 5.91 Å². The van der Waals surface area contributed by atoms with E-state index in [1.165, 1.54) is 250 Å². The van der Waals surface area contributed by atoms with Crippen LogP contribution in [0.1, 0.15) is 316 Å². The minimum Gasteiger partial charge on any atom is -0.394 e. The molecule has 0 saturated carbocycles. The predicted molar refractivity (Wildman–Crippen MR) is 286 cm³/mol. The largest absolute Gasteiger partial charge is 0.394 e. The van der Waals surface area contributed by atoms with E-state index in [-0.39, 0.29) is 12.5 Å². The Morgan fingerprint density at radius 3 is 1.04 bits per heavy atom. The molecule has 1 aliphatic heterocycles. The maximum atomic E-state index is 13.0. The van der Waals surface area contributed by atoms with Crippen molar-refractivity contribution in [2.75, 3.05) is 13.2 Å². The molecule has 2 unspecified atom stereocenters. The molecule has 0 radical (unpaired) electrons. The van der Waals surface area contributed by atoms with Crippen LogP contribution in [-0.4, -0.2) is 87.5 Å². The van der Waals surface area contributed by atoms with Crippen LogP contribution in [0.2, 0.25) is 0 Å². The number of carbonyl (C=O) groups is 1. The molecule has 0 aromatic heterocycles. The second-order valence-electron chi connectivity index (χ2n) is 21.5. The zero-order valence-electron chi connectivity index (χ0n) is 45.2. The highest BCUT2D eigenvalue weighted by Gasteiger charge is 2.44. The number of aliphatic hydroxyl groups excluding tert-OH is 5. The van der Waals surface area contributed by atoms with E-state index in [4.69, 9.17) is 9.47 Å². The molecule has 9 nitrogen and oxygen atoms in total. The second-order valence-corrected chi connectivity index (χ2v) is 21.5. The Labute approximate surface area is 421 Å². The van der Waals surface area contributed by atoms with Gasteiger partial charge >= 0.3 is 0 Å². The predicted octanol–water partition coefficient (Wildman–Crippen LogP) is 15.0. The van der Waals surface area contributed by atoms with E-state index in [9.17, 15) is 30.3 Å². The van der Waals surface area contributed by atoms with Crippen molar-refractivity contribution in [1.82, 2.24) is 5.32 Å². The van der Waals surface area contributed by atoms with Crippen molar-refractivity contribution in [3.05, 3.63) is 0 Å². The second kappa shape index (κ2) is 49.8. The highest BCUT2D eigenvalue weighted by atomic mass is 16.7. The van der Waals surface area contributed by atoms with Crippen LogP contribution in [-0.2, 0) is 14.3 Å². The average Bonchev–Trinajstić information content (AvgIpc) is 3.34. The van der Waals surface area contributed by atoms with Crippen molar-refractivity contribution < 1.29 is 39.8 Å². The molecule has 0 bridgehead atoms. The van der Waals surface area contributed by atoms with Crippen LogP contribution in [0, 0.1) is 0 Å². The number of nitrogens with one attached hydrogen (secondary N) is 1. The number of carbonyl (C=O) groups excluding carboxylic acids is 1. The first-order valence-corrected chi connectivity index (χ1v) is 30.2. The summed E-state index contributed by atoms with van der Waals surface area (Å²) in [5.74, 6) is -0.139. The molecule has 68 heavy (non-hydrogen) atoms. The molecule has 9 heteroatoms. The van der Waals surface area contributed by atoms with Crippen molar-refractivity contribution in [2.45, 2.75) is 358 Å². The summed E-state index contributed by atoms with van der Waals surface area (Å²) in [5, 5.41) is 54.4. The third-order valence-corrected chi connectivity index (χ3v) is 15.0. The van der Waals surface area contributed by atoms with Gasteiger partial charge in [0.05, 0.1) is 25.4 Å². The van der Waals surface area contributed by atoms with Crippen molar-refractivity contribution in [1.29, 1.82) is 0 Å². The molecule has 1 rings (SSSR count). The van der Waals surface area contributed by atoms with Gasteiger partial charge < -0.3 is 40.3 Å². The van der Waals surface area contributed by atoms with E-state index in [1.807, 2.05) is 0 Å². The molecule has 406 valence electrons. The quantitative estimate of drug-likeness (QED) is 0.0330. The van der Waals surface area contributed by atoms with Crippen molar-refractivity contribution in [3.63, 3.8) is 0 Å². The highest BCUT2D eigenvalue weighted by Crippen LogP contribution is 2.23. The summed E-state index contributed by atoms with van der Waals surface area (Å²) in [6.07, 6.45) is 53.4. The fraction of sp³-hybridized carbons (Fsp3) is 0.983. The van der Waals surface area contributed by atoms with Crippen LogP contribution < -0.4 is 5.32 Å². The molecule has 0 aliphatic carbocycles. The van der Waals surface area contributed by atoms with Crippen LogP contribution >= 0.6 is 0 Å². The molecular weight excluding hydrogens is 851 g/mol. The van der Waals surface area contributed by atoms with Gasteiger partial charge in [-0.1, -0.05) is 296 Å². The number of aliphatic hydroxyl groups is 5. The van der Waals surface area contributed by atoms with Gasteiger partial charge in [0.15, 0.2) is 6.29 Å². The number of amides is 1. The lowest BCUT2D eigenvalue weighted by atomic mass is 9.99. The molecule has 1 amide bonds. The lowest BCUT2D eigenvalue weighted by molar-refractivity contribution is -0.302. The molecule has 6 N–H and O–H groups in total. The van der Waals surface area contributed by atoms with Gasteiger partial charge in [0.1, 0.15) is 24.4 Å². The van der Waals surface area contributed by atoms with Crippen LogP contribution in [0.4, 0.5) is 0 Å². The van der Waals surface area contributed by atoms with Gasteiger partial charge in [-0.15, -0.1) is 0 Å². The molecule has 1 saturated heterocycles. The Morgan fingerprint density at radius 1 is 0.441 bits per heavy atom. The smallest absolute Gasteiger partial charge is 0.220 e. The Hall–Kier alpha value is -0.810. The van der Waals surface area contributed by atoms with Crippen molar-refractivity contribution in [3.8, 4) is 0 Å². The number of ether oxygens (including phenoxy) is 2. The maximum absolute atomic E-state index is 13.0.